The first kappa shape index (κ1) is 16.0. The second-order valence-corrected chi connectivity index (χ2v) is 7.40. The Kier molecular flexibility index (Phi) is 4.13. The maximum Gasteiger partial charge on any atom is 0.212 e. The van der Waals surface area contributed by atoms with Crippen molar-refractivity contribution < 1.29 is 4.39 Å². The van der Waals surface area contributed by atoms with Crippen LogP contribution in [0.3, 0.4) is 0 Å². The molecule has 0 spiro atoms. The number of rotatable bonds is 3. The summed E-state index contributed by atoms with van der Waals surface area (Å²) in [4.78, 5) is 0. The van der Waals surface area contributed by atoms with Gasteiger partial charge in [-0.15, -0.1) is 10.2 Å². The molecule has 0 saturated carbocycles. The summed E-state index contributed by atoms with van der Waals surface area (Å²) in [6, 6.07) is 15.1. The normalized spacial score (nSPS) is 16.4. The lowest BCUT2D eigenvalue weighted by Crippen LogP contribution is -2.22. The molecule has 0 bridgehead atoms. The Bertz CT molecular complexity index is 946. The molecule has 1 unspecified atom stereocenters. The molecule has 0 N–H and O–H groups in total. The van der Waals surface area contributed by atoms with Crippen LogP contribution >= 0.6 is 11.8 Å². The summed E-state index contributed by atoms with van der Waals surface area (Å²) in [5.74, 6) is 0.406. The highest BCUT2D eigenvalue weighted by atomic mass is 32.2. The van der Waals surface area contributed by atoms with Crippen LogP contribution in [0.2, 0.25) is 0 Å². The summed E-state index contributed by atoms with van der Waals surface area (Å²) in [6.07, 6.45) is 0.360. The lowest BCUT2D eigenvalue weighted by molar-refractivity contribution is 0.608. The van der Waals surface area contributed by atoms with Gasteiger partial charge in [0.1, 0.15) is 5.82 Å². The molecule has 2 aromatic carbocycles. The van der Waals surface area contributed by atoms with Gasteiger partial charge in [0.15, 0.2) is 5.82 Å². The number of hydrogen-bond donors (Lipinski definition) is 0. The summed E-state index contributed by atoms with van der Waals surface area (Å²) in [6.45, 7) is 4.17. The molecule has 25 heavy (non-hydrogen) atoms. The van der Waals surface area contributed by atoms with Gasteiger partial charge in [-0.05, 0) is 31.0 Å². The molecule has 0 aliphatic carbocycles. The molecule has 0 amide bonds. The van der Waals surface area contributed by atoms with Crippen LogP contribution in [0.1, 0.15) is 29.4 Å². The number of nitrogens with zero attached hydrogens (tertiary/aromatic N) is 4. The molecule has 0 radical (unpaired) electrons. The number of benzene rings is 2. The van der Waals surface area contributed by atoms with Crippen LogP contribution in [0, 0.1) is 12.7 Å². The van der Waals surface area contributed by atoms with Crippen LogP contribution in [-0.4, -0.2) is 25.8 Å². The Hall–Kier alpha value is -2.47. The molecule has 6 heteroatoms. The number of aromatic nitrogens is 3. The second kappa shape index (κ2) is 6.44. The zero-order valence-corrected chi connectivity index (χ0v) is 14.8. The first-order valence-electron chi connectivity index (χ1n) is 8.12. The molecular formula is C19H17FN4S. The number of thioether (sulfide) groups is 1. The van der Waals surface area contributed by atoms with Crippen LogP contribution in [0.15, 0.2) is 58.8 Å². The van der Waals surface area contributed by atoms with Crippen molar-refractivity contribution in [2.45, 2.75) is 30.7 Å². The minimum atomic E-state index is -0.237. The fourth-order valence-corrected chi connectivity index (χ4v) is 3.76. The van der Waals surface area contributed by atoms with E-state index in [1.807, 2.05) is 6.07 Å². The molecular weight excluding hydrogens is 335 g/mol. The van der Waals surface area contributed by atoms with Gasteiger partial charge in [0.05, 0.1) is 11.0 Å². The Balaban J connectivity index is 1.73. The molecule has 126 valence electrons. The lowest BCUT2D eigenvalue weighted by atomic mass is 10.1. The summed E-state index contributed by atoms with van der Waals surface area (Å²) >= 11 is 1.62. The second-order valence-electron chi connectivity index (χ2n) is 6.09. The van der Waals surface area contributed by atoms with Crippen molar-refractivity contribution in [2.24, 2.45) is 5.10 Å². The molecule has 1 aliphatic heterocycles. The SMILES string of the molecule is Cc1ccc(C2=Nn3c(Cc4ccccc4F)nnc3SC2C)cc1. The van der Waals surface area contributed by atoms with Gasteiger partial charge >= 0.3 is 0 Å². The third-order valence-corrected chi connectivity index (χ3v) is 5.25. The minimum Gasteiger partial charge on any atom is -0.207 e. The van der Waals surface area contributed by atoms with Crippen LogP contribution in [0.4, 0.5) is 4.39 Å². The predicted octanol–water partition coefficient (Wildman–Crippen LogP) is 4.06. The van der Waals surface area contributed by atoms with Crippen LogP contribution < -0.4 is 0 Å². The van der Waals surface area contributed by atoms with Crippen molar-refractivity contribution in [3.63, 3.8) is 0 Å². The first-order chi connectivity index (χ1) is 12.1. The number of aryl methyl sites for hydroxylation is 1. The molecule has 3 aromatic rings. The van der Waals surface area contributed by atoms with E-state index in [0.717, 1.165) is 16.4 Å². The fourth-order valence-electron chi connectivity index (χ4n) is 2.81. The summed E-state index contributed by atoms with van der Waals surface area (Å²) < 4.78 is 15.7. The summed E-state index contributed by atoms with van der Waals surface area (Å²) in [7, 11) is 0. The Morgan fingerprint density at radius 1 is 1.08 bits per heavy atom. The van der Waals surface area contributed by atoms with Crippen LogP contribution in [-0.2, 0) is 6.42 Å². The van der Waals surface area contributed by atoms with Crippen molar-refractivity contribution in [3.8, 4) is 0 Å². The van der Waals surface area contributed by atoms with E-state index in [1.165, 1.54) is 11.6 Å². The van der Waals surface area contributed by atoms with E-state index in [0.29, 0.717) is 17.8 Å². The zero-order valence-electron chi connectivity index (χ0n) is 14.0. The van der Waals surface area contributed by atoms with Crippen LogP contribution in [0.5, 0.6) is 0 Å². The van der Waals surface area contributed by atoms with Gasteiger partial charge in [-0.25, -0.2) is 4.39 Å². The standard InChI is InChI=1S/C19H17FN4S/c1-12-7-9-14(10-8-12)18-13(2)25-19-22-21-17(24(19)23-18)11-15-5-3-4-6-16(15)20/h3-10,13H,11H2,1-2H3. The van der Waals surface area contributed by atoms with Gasteiger partial charge in [-0.2, -0.15) is 9.78 Å². The Morgan fingerprint density at radius 3 is 2.60 bits per heavy atom. The number of fused-ring (bicyclic) bond motifs is 1. The van der Waals surface area contributed by atoms with Gasteiger partial charge in [0, 0.05) is 6.42 Å². The van der Waals surface area contributed by atoms with Crippen molar-refractivity contribution in [1.29, 1.82) is 0 Å². The van der Waals surface area contributed by atoms with E-state index in [-0.39, 0.29) is 11.1 Å². The van der Waals surface area contributed by atoms with Crippen molar-refractivity contribution in [2.75, 3.05) is 0 Å². The molecule has 1 atom stereocenters. The average molecular weight is 352 g/mol. The monoisotopic (exact) mass is 352 g/mol. The van der Waals surface area contributed by atoms with E-state index in [1.54, 1.807) is 28.6 Å². The van der Waals surface area contributed by atoms with Crippen LogP contribution in [0.25, 0.3) is 0 Å². The molecule has 4 nitrogen and oxygen atoms in total. The number of hydrogen-bond acceptors (Lipinski definition) is 4. The Labute approximate surface area is 149 Å². The fraction of sp³-hybridized carbons (Fsp3) is 0.211. The summed E-state index contributed by atoms with van der Waals surface area (Å²) in [5.41, 5.74) is 3.87. The first-order valence-corrected chi connectivity index (χ1v) is 9.00. The highest BCUT2D eigenvalue weighted by molar-refractivity contribution is 8.00. The topological polar surface area (TPSA) is 43.1 Å². The van der Waals surface area contributed by atoms with Crippen molar-refractivity contribution in [3.05, 3.63) is 76.9 Å². The number of halogens is 1. The highest BCUT2D eigenvalue weighted by Gasteiger charge is 2.25. The van der Waals surface area contributed by atoms with Crippen molar-refractivity contribution in [1.82, 2.24) is 14.9 Å². The quantitative estimate of drug-likeness (QED) is 0.714. The lowest BCUT2D eigenvalue weighted by Gasteiger charge is -2.20. The minimum absolute atomic E-state index is 0.181. The van der Waals surface area contributed by atoms with Gasteiger partial charge in [-0.3, -0.25) is 0 Å². The maximum atomic E-state index is 14.0. The Morgan fingerprint density at radius 2 is 1.84 bits per heavy atom. The molecule has 2 heterocycles. The van der Waals surface area contributed by atoms with Gasteiger partial charge in [-0.1, -0.05) is 59.8 Å². The molecule has 0 saturated heterocycles. The molecule has 1 aromatic heterocycles. The van der Waals surface area contributed by atoms with E-state index in [9.17, 15) is 4.39 Å². The maximum absolute atomic E-state index is 14.0. The smallest absolute Gasteiger partial charge is 0.207 e. The van der Waals surface area contributed by atoms with E-state index < -0.39 is 0 Å². The molecule has 0 fully saturated rings. The largest absolute Gasteiger partial charge is 0.212 e. The third-order valence-electron chi connectivity index (χ3n) is 4.21. The van der Waals surface area contributed by atoms with E-state index >= 15 is 0 Å². The summed E-state index contributed by atoms with van der Waals surface area (Å²) in [5, 5.41) is 14.2. The predicted molar refractivity (Wildman–Crippen MR) is 97.7 cm³/mol. The third kappa shape index (κ3) is 3.09. The van der Waals surface area contributed by atoms with Crippen molar-refractivity contribution >= 4 is 17.5 Å². The van der Waals surface area contributed by atoms with Gasteiger partial charge in [0.2, 0.25) is 5.16 Å². The van der Waals surface area contributed by atoms with E-state index in [4.69, 9.17) is 5.10 Å². The molecule has 4 rings (SSSR count). The highest BCUT2D eigenvalue weighted by Crippen LogP contribution is 2.30. The van der Waals surface area contributed by atoms with Gasteiger partial charge < -0.3 is 0 Å². The molecule has 1 aliphatic rings. The van der Waals surface area contributed by atoms with Gasteiger partial charge in [0.25, 0.3) is 0 Å². The van der Waals surface area contributed by atoms with E-state index in [2.05, 4.69) is 48.3 Å². The zero-order chi connectivity index (χ0) is 17.4. The average Bonchev–Trinajstić information content (AvgIpc) is 2.99.